The summed E-state index contributed by atoms with van der Waals surface area (Å²) in [7, 11) is -0.819. The SMILES string of the molecule is C=C1CN2C[C@H](F)CC2(COc2nc3c4c(nc(-c5cccc6ccc(F)c(C#C[Si](C(C)C)(C(C)C)C(C)C)c56)c(F)c4n2)O[C@@H](COCOC)[C@@H]2[C@@H]4CC[C@H](CN32)N4C(=O)OC(C)(C)C)C1. The van der Waals surface area contributed by atoms with Crippen LogP contribution in [0.3, 0.4) is 0 Å². The lowest BCUT2D eigenvalue weighted by molar-refractivity contribution is -0.0684. The predicted molar refractivity (Wildman–Crippen MR) is 259 cm³/mol. The van der Waals surface area contributed by atoms with Gasteiger partial charge in [0.15, 0.2) is 5.82 Å². The van der Waals surface area contributed by atoms with E-state index in [1.807, 2.05) is 26.8 Å². The van der Waals surface area contributed by atoms with Gasteiger partial charge in [0.05, 0.1) is 35.8 Å². The van der Waals surface area contributed by atoms with Crippen molar-refractivity contribution >= 4 is 41.7 Å². The van der Waals surface area contributed by atoms with Crippen LogP contribution in [0.5, 0.6) is 11.9 Å². The van der Waals surface area contributed by atoms with Crippen LogP contribution >= 0.6 is 0 Å². The average molecular weight is 955 g/mol. The number of alkyl halides is 1. The molecule has 1 unspecified atom stereocenters. The molecule has 2 aromatic carbocycles. The third-order valence-electron chi connectivity index (χ3n) is 15.1. The fourth-order valence-electron chi connectivity index (χ4n) is 12.4. The monoisotopic (exact) mass is 954 g/mol. The molecule has 364 valence electrons. The number of anilines is 1. The molecule has 7 heterocycles. The number of methoxy groups -OCH3 is 1. The van der Waals surface area contributed by atoms with E-state index >= 15 is 13.2 Å². The summed E-state index contributed by atoms with van der Waals surface area (Å²) < 4.78 is 80.6. The number of ether oxygens (including phenoxy) is 5. The van der Waals surface area contributed by atoms with Crippen LogP contribution in [0.15, 0.2) is 42.5 Å². The van der Waals surface area contributed by atoms with Gasteiger partial charge in [0.1, 0.15) is 67.6 Å². The molecule has 4 aromatic rings. The van der Waals surface area contributed by atoms with E-state index in [4.69, 9.17) is 38.6 Å². The van der Waals surface area contributed by atoms with Gasteiger partial charge in [0.2, 0.25) is 5.88 Å². The summed E-state index contributed by atoms with van der Waals surface area (Å²) in [6.45, 7) is 24.1. The number of pyridine rings is 1. The molecule has 0 radical (unpaired) electrons. The number of benzene rings is 2. The van der Waals surface area contributed by atoms with E-state index < -0.39 is 61.3 Å². The Hall–Kier alpha value is -4.95. The molecule has 0 N–H and O–H groups in total. The summed E-state index contributed by atoms with van der Waals surface area (Å²) in [6, 6.07) is 7.06. The van der Waals surface area contributed by atoms with Gasteiger partial charge in [-0.05, 0) is 68.1 Å². The number of carbonyl (C=O) groups is 1. The van der Waals surface area contributed by atoms with E-state index in [2.05, 4.69) is 69.4 Å². The van der Waals surface area contributed by atoms with E-state index in [-0.39, 0.29) is 73.1 Å². The largest absolute Gasteiger partial charge is 0.469 e. The minimum atomic E-state index is -2.35. The fraction of sp³-hybridized carbons (Fsp3) is 0.577. The first-order valence-electron chi connectivity index (χ1n) is 24.1. The molecule has 0 spiro atoms. The molecular formula is C52H65F3N6O6Si. The molecule has 68 heavy (non-hydrogen) atoms. The highest BCUT2D eigenvalue weighted by atomic mass is 28.3. The molecule has 2 aromatic heterocycles. The second-order valence-corrected chi connectivity index (χ2v) is 27.1. The van der Waals surface area contributed by atoms with Crippen molar-refractivity contribution in [3.05, 3.63) is 59.7 Å². The topological polar surface area (TPSA) is 112 Å². The summed E-state index contributed by atoms with van der Waals surface area (Å²) >= 11 is 0. The van der Waals surface area contributed by atoms with Crippen LogP contribution in [-0.4, -0.2) is 127 Å². The molecule has 6 atom stereocenters. The third kappa shape index (κ3) is 8.28. The van der Waals surface area contributed by atoms with Crippen molar-refractivity contribution in [2.75, 3.05) is 51.7 Å². The van der Waals surface area contributed by atoms with Gasteiger partial charge >= 0.3 is 12.1 Å². The Kier molecular flexibility index (Phi) is 12.8. The highest BCUT2D eigenvalue weighted by Gasteiger charge is 2.55. The zero-order valence-corrected chi connectivity index (χ0v) is 42.1. The fourth-order valence-corrected chi connectivity index (χ4v) is 17.6. The number of halogens is 3. The van der Waals surface area contributed by atoms with Crippen molar-refractivity contribution in [2.45, 2.75) is 146 Å². The van der Waals surface area contributed by atoms with E-state index in [9.17, 15) is 4.79 Å². The first kappa shape index (κ1) is 48.1. The van der Waals surface area contributed by atoms with Crippen LogP contribution in [0.4, 0.5) is 23.8 Å². The maximum atomic E-state index is 18.2. The van der Waals surface area contributed by atoms with Gasteiger partial charge < -0.3 is 28.6 Å². The number of hydrogen-bond donors (Lipinski definition) is 0. The van der Waals surface area contributed by atoms with E-state index in [1.54, 1.807) is 23.1 Å². The lowest BCUT2D eigenvalue weighted by atomic mass is 9.93. The van der Waals surface area contributed by atoms with Crippen LogP contribution in [0.2, 0.25) is 16.6 Å². The number of carbonyl (C=O) groups excluding carboxylic acids is 1. The highest BCUT2D eigenvalue weighted by molar-refractivity contribution is 6.90. The number of amides is 1. The molecule has 4 fully saturated rings. The van der Waals surface area contributed by atoms with Crippen molar-refractivity contribution < 1.29 is 41.7 Å². The van der Waals surface area contributed by atoms with Crippen molar-refractivity contribution in [1.29, 1.82) is 0 Å². The number of nitrogens with zero attached hydrogens (tertiary/aromatic N) is 6. The summed E-state index contributed by atoms with van der Waals surface area (Å²) in [5.41, 5.74) is 4.39. The Morgan fingerprint density at radius 1 is 1.01 bits per heavy atom. The highest BCUT2D eigenvalue weighted by Crippen LogP contribution is 2.49. The molecule has 5 aliphatic heterocycles. The van der Waals surface area contributed by atoms with Crippen molar-refractivity contribution in [1.82, 2.24) is 24.8 Å². The van der Waals surface area contributed by atoms with Gasteiger partial charge in [-0.15, -0.1) is 5.54 Å². The quantitative estimate of drug-likeness (QED) is 0.0471. The molecule has 1 amide bonds. The first-order valence-corrected chi connectivity index (χ1v) is 26.4. The third-order valence-corrected chi connectivity index (χ3v) is 21.4. The van der Waals surface area contributed by atoms with Gasteiger partial charge in [-0.3, -0.25) is 9.80 Å². The standard InChI is InChI=1S/C52H65F3N6O6Si/c1-29(2)68(30(3)4,31(5)6)20-19-36-38(54)17-15-33-13-12-14-37(41(33)36)44-43(55)45-42-47(58-49(57-45)65-27-52-21-32(7)23-59(52)24-34(53)22-52)60-25-35-16-18-39(61(35)50(62)67-51(8,9)10)46(60)40(26-64-28-63-11)66-48(42)56-44/h12-15,17,29-31,34-35,39-40,46H,7,16,18,21-28H2,1-6,8-11H3/t34-,35-,39+,40+,46+,52?/m1/s1. The first-order chi connectivity index (χ1) is 32.3. The smallest absolute Gasteiger partial charge is 0.410 e. The zero-order valence-electron chi connectivity index (χ0n) is 41.1. The molecule has 5 aliphatic rings. The Balaban J connectivity index is 1.26. The van der Waals surface area contributed by atoms with Crippen LogP contribution in [0.1, 0.15) is 93.6 Å². The van der Waals surface area contributed by atoms with Crippen LogP contribution < -0.4 is 14.4 Å². The average Bonchev–Trinajstić information content (AvgIpc) is 3.83. The molecule has 2 bridgehead atoms. The molecule has 4 saturated heterocycles. The number of rotatable bonds is 11. The summed E-state index contributed by atoms with van der Waals surface area (Å²) in [5.74, 6) is 2.41. The molecule has 12 nitrogen and oxygen atoms in total. The van der Waals surface area contributed by atoms with Crippen LogP contribution in [-0.2, 0) is 14.2 Å². The number of aromatic nitrogens is 3. The Labute approximate surface area is 398 Å². The molecule has 9 rings (SSSR count). The maximum absolute atomic E-state index is 18.2. The molecule has 0 saturated carbocycles. The number of fused-ring (bicyclic) bond motifs is 7. The summed E-state index contributed by atoms with van der Waals surface area (Å²) in [4.78, 5) is 34.9. The van der Waals surface area contributed by atoms with Gasteiger partial charge in [-0.25, -0.2) is 22.9 Å². The molecule has 16 heteroatoms. The maximum Gasteiger partial charge on any atom is 0.410 e. The predicted octanol–water partition coefficient (Wildman–Crippen LogP) is 10.2. The van der Waals surface area contributed by atoms with Crippen LogP contribution in [0, 0.1) is 23.1 Å². The van der Waals surface area contributed by atoms with Crippen molar-refractivity contribution in [2.24, 2.45) is 0 Å². The van der Waals surface area contributed by atoms with Crippen molar-refractivity contribution in [3.8, 4) is 34.6 Å². The summed E-state index contributed by atoms with van der Waals surface area (Å²) in [6.07, 6.45) is -0.148. The van der Waals surface area contributed by atoms with Gasteiger partial charge in [0, 0.05) is 44.1 Å². The second-order valence-electron chi connectivity index (χ2n) is 21.5. The number of piperazine rings is 1. The minimum Gasteiger partial charge on any atom is -0.469 e. The van der Waals surface area contributed by atoms with E-state index in [0.717, 1.165) is 5.57 Å². The Morgan fingerprint density at radius 3 is 2.47 bits per heavy atom. The minimum absolute atomic E-state index is 0.0119. The van der Waals surface area contributed by atoms with Gasteiger partial charge in [-0.2, -0.15) is 9.97 Å². The molecule has 0 aliphatic carbocycles. The lowest BCUT2D eigenvalue weighted by Gasteiger charge is -2.48. The lowest BCUT2D eigenvalue weighted by Crippen LogP contribution is -2.66. The normalized spacial score (nSPS) is 24.7. The summed E-state index contributed by atoms with van der Waals surface area (Å²) in [5, 5.41) is 1.29. The van der Waals surface area contributed by atoms with Crippen LogP contribution in [0.25, 0.3) is 32.9 Å². The molecular weight excluding hydrogens is 890 g/mol. The van der Waals surface area contributed by atoms with Gasteiger partial charge in [0.25, 0.3) is 0 Å². The number of hydrogen-bond acceptors (Lipinski definition) is 11. The van der Waals surface area contributed by atoms with Crippen molar-refractivity contribution in [3.63, 3.8) is 0 Å². The zero-order chi connectivity index (χ0) is 48.6. The van der Waals surface area contributed by atoms with E-state index in [1.165, 1.54) is 13.2 Å². The Bertz CT molecular complexity index is 2680. The Morgan fingerprint density at radius 2 is 1.76 bits per heavy atom. The second kappa shape index (κ2) is 18.1. The van der Waals surface area contributed by atoms with E-state index in [0.29, 0.717) is 71.1 Å². The van der Waals surface area contributed by atoms with Gasteiger partial charge in [-0.1, -0.05) is 83.9 Å².